The summed E-state index contributed by atoms with van der Waals surface area (Å²) in [7, 11) is 0. The molecule has 1 aromatic carbocycles. The van der Waals surface area contributed by atoms with Gasteiger partial charge in [0.2, 0.25) is 5.91 Å². The van der Waals surface area contributed by atoms with Crippen molar-refractivity contribution >= 4 is 23.3 Å². The molecule has 0 aromatic heterocycles. The minimum Gasteiger partial charge on any atom is -0.351 e. The first-order valence-electron chi connectivity index (χ1n) is 6.33. The highest BCUT2D eigenvalue weighted by Gasteiger charge is 2.31. The molecule has 5 heteroatoms. The highest BCUT2D eigenvalue weighted by atomic mass is 35.5. The van der Waals surface area contributed by atoms with Crippen LogP contribution in [0.25, 0.3) is 0 Å². The number of ketones is 1. The van der Waals surface area contributed by atoms with Gasteiger partial charge in [0.15, 0.2) is 0 Å². The van der Waals surface area contributed by atoms with Crippen LogP contribution in [0.4, 0.5) is 0 Å². The molecule has 4 nitrogen and oxygen atoms in total. The summed E-state index contributed by atoms with van der Waals surface area (Å²) in [6.07, 6.45) is 0.573. The molecule has 2 rings (SSSR count). The van der Waals surface area contributed by atoms with Crippen LogP contribution >= 0.6 is 11.6 Å². The van der Waals surface area contributed by atoms with E-state index >= 15 is 0 Å². The zero-order valence-corrected chi connectivity index (χ0v) is 11.5. The molecule has 2 atom stereocenters. The average Bonchev–Trinajstić information content (AvgIpc) is 2.87. The van der Waals surface area contributed by atoms with Crippen molar-refractivity contribution in [3.8, 4) is 0 Å². The van der Waals surface area contributed by atoms with Gasteiger partial charge in [0, 0.05) is 24.0 Å². The van der Waals surface area contributed by atoms with E-state index in [1.165, 1.54) is 0 Å². The van der Waals surface area contributed by atoms with Crippen molar-refractivity contribution in [2.75, 3.05) is 6.54 Å². The quantitative estimate of drug-likeness (QED) is 0.879. The fourth-order valence-corrected chi connectivity index (χ4v) is 2.39. The predicted molar refractivity (Wildman–Crippen MR) is 73.9 cm³/mol. The Morgan fingerprint density at radius 2 is 2.16 bits per heavy atom. The van der Waals surface area contributed by atoms with Gasteiger partial charge in [-0.15, -0.1) is 0 Å². The first kappa shape index (κ1) is 14.0. The molecule has 102 valence electrons. The van der Waals surface area contributed by atoms with E-state index < -0.39 is 0 Å². The van der Waals surface area contributed by atoms with Crippen LogP contribution in [0.3, 0.4) is 0 Å². The summed E-state index contributed by atoms with van der Waals surface area (Å²) in [6, 6.07) is 7.12. The molecule has 1 aromatic rings. The van der Waals surface area contributed by atoms with Gasteiger partial charge in [0.25, 0.3) is 0 Å². The number of benzene rings is 1. The normalized spacial score (nSPS) is 22.2. The van der Waals surface area contributed by atoms with Crippen LogP contribution in [0.15, 0.2) is 24.3 Å². The second-order valence-corrected chi connectivity index (χ2v) is 5.22. The molecule has 0 radical (unpaired) electrons. The fourth-order valence-electron chi connectivity index (χ4n) is 2.19. The summed E-state index contributed by atoms with van der Waals surface area (Å²) in [5, 5.41) is 6.56. The Morgan fingerprint density at radius 3 is 2.79 bits per heavy atom. The second kappa shape index (κ2) is 6.17. The van der Waals surface area contributed by atoms with Crippen LogP contribution in [0.5, 0.6) is 0 Å². The molecule has 0 bridgehead atoms. The van der Waals surface area contributed by atoms with Gasteiger partial charge in [-0.05, 0) is 25.0 Å². The summed E-state index contributed by atoms with van der Waals surface area (Å²) < 4.78 is 0. The topological polar surface area (TPSA) is 58.2 Å². The number of nitrogens with one attached hydrogen (secondary N) is 2. The van der Waals surface area contributed by atoms with Crippen molar-refractivity contribution in [1.82, 2.24) is 10.6 Å². The first-order chi connectivity index (χ1) is 9.08. The van der Waals surface area contributed by atoms with Crippen molar-refractivity contribution in [3.63, 3.8) is 0 Å². The van der Waals surface area contributed by atoms with Crippen molar-refractivity contribution in [2.45, 2.75) is 25.9 Å². The third kappa shape index (κ3) is 3.55. The van der Waals surface area contributed by atoms with E-state index in [0.29, 0.717) is 24.5 Å². The molecule has 1 amide bonds. The van der Waals surface area contributed by atoms with Crippen LogP contribution in [0.2, 0.25) is 5.02 Å². The van der Waals surface area contributed by atoms with Crippen molar-refractivity contribution in [3.05, 3.63) is 34.9 Å². The molecular weight excluding hydrogens is 264 g/mol. The Labute approximate surface area is 117 Å². The van der Waals surface area contributed by atoms with E-state index in [9.17, 15) is 9.59 Å². The summed E-state index contributed by atoms with van der Waals surface area (Å²) >= 11 is 6.02. The molecule has 0 aliphatic carbocycles. The van der Waals surface area contributed by atoms with Crippen LogP contribution in [-0.2, 0) is 16.1 Å². The van der Waals surface area contributed by atoms with Crippen LogP contribution < -0.4 is 10.6 Å². The van der Waals surface area contributed by atoms with Gasteiger partial charge in [-0.2, -0.15) is 0 Å². The number of carbonyl (C=O) groups is 2. The van der Waals surface area contributed by atoms with Gasteiger partial charge in [-0.25, -0.2) is 0 Å². The number of carbonyl (C=O) groups excluding carboxylic acids is 2. The number of hydrogen-bond donors (Lipinski definition) is 2. The van der Waals surface area contributed by atoms with Crippen molar-refractivity contribution in [2.24, 2.45) is 5.92 Å². The van der Waals surface area contributed by atoms with E-state index in [4.69, 9.17) is 11.6 Å². The van der Waals surface area contributed by atoms with Gasteiger partial charge in [0.05, 0.1) is 6.04 Å². The van der Waals surface area contributed by atoms with Crippen molar-refractivity contribution in [1.29, 1.82) is 0 Å². The smallest absolute Gasteiger partial charge is 0.237 e. The zero-order valence-electron chi connectivity index (χ0n) is 10.8. The number of amides is 1. The molecule has 19 heavy (non-hydrogen) atoms. The van der Waals surface area contributed by atoms with E-state index in [0.717, 1.165) is 5.56 Å². The van der Waals surface area contributed by atoms with Crippen molar-refractivity contribution < 1.29 is 9.59 Å². The Hall–Kier alpha value is -1.39. The minimum absolute atomic E-state index is 0.0453. The summed E-state index contributed by atoms with van der Waals surface area (Å²) in [5.74, 6) is 0.00800. The molecular formula is C14H17ClN2O2. The molecule has 2 unspecified atom stereocenters. The van der Waals surface area contributed by atoms with Crippen LogP contribution in [-0.4, -0.2) is 24.3 Å². The molecule has 1 saturated heterocycles. The lowest BCUT2D eigenvalue weighted by Gasteiger charge is -2.12. The number of hydrogen-bond acceptors (Lipinski definition) is 3. The third-order valence-corrected chi connectivity index (χ3v) is 3.80. The Bertz CT molecular complexity index is 490. The largest absolute Gasteiger partial charge is 0.351 e. The maximum Gasteiger partial charge on any atom is 0.237 e. The Kier molecular flexibility index (Phi) is 4.56. The summed E-state index contributed by atoms with van der Waals surface area (Å²) in [4.78, 5) is 23.2. The average molecular weight is 281 g/mol. The lowest BCUT2D eigenvalue weighted by Crippen LogP contribution is -2.40. The highest BCUT2D eigenvalue weighted by Crippen LogP contribution is 2.16. The fraction of sp³-hybridized carbons (Fsp3) is 0.429. The van der Waals surface area contributed by atoms with Gasteiger partial charge in [-0.1, -0.05) is 29.8 Å². The Morgan fingerprint density at radius 1 is 1.42 bits per heavy atom. The van der Waals surface area contributed by atoms with Gasteiger partial charge >= 0.3 is 0 Å². The van der Waals surface area contributed by atoms with Gasteiger partial charge in [0.1, 0.15) is 5.78 Å². The Balaban J connectivity index is 1.86. The SMILES string of the molecule is CC(=O)C1CNC(C(=O)NCc2ccccc2Cl)C1. The third-order valence-electron chi connectivity index (χ3n) is 3.43. The predicted octanol–water partition coefficient (Wildman–Crippen LogP) is 1.52. The maximum absolute atomic E-state index is 12.0. The summed E-state index contributed by atoms with van der Waals surface area (Å²) in [6.45, 7) is 2.55. The van der Waals surface area contributed by atoms with E-state index in [-0.39, 0.29) is 23.7 Å². The van der Waals surface area contributed by atoms with Gasteiger partial charge in [-0.3, -0.25) is 9.59 Å². The van der Waals surface area contributed by atoms with Crippen LogP contribution in [0.1, 0.15) is 18.9 Å². The minimum atomic E-state index is -0.281. The molecule has 0 saturated carbocycles. The van der Waals surface area contributed by atoms with Crippen LogP contribution in [0, 0.1) is 5.92 Å². The molecule has 1 heterocycles. The van der Waals surface area contributed by atoms with Gasteiger partial charge < -0.3 is 10.6 Å². The van der Waals surface area contributed by atoms with E-state index in [1.807, 2.05) is 18.2 Å². The number of halogens is 1. The monoisotopic (exact) mass is 280 g/mol. The summed E-state index contributed by atoms with van der Waals surface area (Å²) in [5.41, 5.74) is 0.888. The van der Waals surface area contributed by atoms with E-state index in [1.54, 1.807) is 13.0 Å². The zero-order chi connectivity index (χ0) is 13.8. The first-order valence-corrected chi connectivity index (χ1v) is 6.70. The maximum atomic E-state index is 12.0. The lowest BCUT2D eigenvalue weighted by molar-refractivity contribution is -0.123. The van der Waals surface area contributed by atoms with E-state index in [2.05, 4.69) is 10.6 Å². The highest BCUT2D eigenvalue weighted by molar-refractivity contribution is 6.31. The second-order valence-electron chi connectivity index (χ2n) is 4.81. The lowest BCUT2D eigenvalue weighted by atomic mass is 10.0. The standard InChI is InChI=1S/C14H17ClN2O2/c1-9(18)11-6-13(16-8-11)14(19)17-7-10-4-2-3-5-12(10)15/h2-5,11,13,16H,6-8H2,1H3,(H,17,19). The molecule has 0 spiro atoms. The number of Topliss-reactive ketones (excluding diaryl/α,β-unsaturated/α-hetero) is 1. The molecule has 2 N–H and O–H groups in total. The molecule has 1 aliphatic rings. The number of rotatable bonds is 4. The molecule has 1 fully saturated rings. The molecule has 1 aliphatic heterocycles.